The van der Waals surface area contributed by atoms with E-state index < -0.39 is 17.6 Å². The number of carbonyl (C=O) groups excluding carboxylic acids is 1. The van der Waals surface area contributed by atoms with Gasteiger partial charge in [-0.2, -0.15) is 0 Å². The lowest BCUT2D eigenvalue weighted by Crippen LogP contribution is -2.54. The van der Waals surface area contributed by atoms with Crippen molar-refractivity contribution < 1.29 is 19.8 Å². The smallest absolute Gasteiger partial charge is 0.357 e. The fourth-order valence-electron chi connectivity index (χ4n) is 1.47. The molecule has 1 aliphatic heterocycles. The fourth-order valence-corrected chi connectivity index (χ4v) is 1.47. The summed E-state index contributed by atoms with van der Waals surface area (Å²) in [5.74, 6) is -1.94. The van der Waals surface area contributed by atoms with Gasteiger partial charge in [0.15, 0.2) is 0 Å². The summed E-state index contributed by atoms with van der Waals surface area (Å²) < 4.78 is 0. The SMILES string of the molecule is NCC(=O)N1CCCC1(O)C(=O)O. The molecule has 0 aromatic rings. The zero-order valence-electron chi connectivity index (χ0n) is 7.06. The lowest BCUT2D eigenvalue weighted by atomic mass is 10.1. The number of likely N-dealkylation sites (tertiary alicyclic amines) is 1. The van der Waals surface area contributed by atoms with Crippen molar-refractivity contribution in [2.24, 2.45) is 5.73 Å². The summed E-state index contributed by atoms with van der Waals surface area (Å²) in [6.45, 7) is -0.0333. The summed E-state index contributed by atoms with van der Waals surface area (Å²) >= 11 is 0. The van der Waals surface area contributed by atoms with Crippen LogP contribution in [0.3, 0.4) is 0 Å². The molecule has 1 heterocycles. The number of aliphatic carboxylic acids is 1. The van der Waals surface area contributed by atoms with E-state index in [-0.39, 0.29) is 19.5 Å². The average Bonchev–Trinajstić information content (AvgIpc) is 2.47. The first kappa shape index (κ1) is 9.94. The molecule has 1 amide bonds. The molecule has 1 unspecified atom stereocenters. The normalized spacial score (nSPS) is 27.7. The summed E-state index contributed by atoms with van der Waals surface area (Å²) in [5.41, 5.74) is 3.03. The number of aliphatic hydroxyl groups is 1. The molecule has 1 rings (SSSR count). The Hall–Kier alpha value is -1.14. The first-order chi connectivity index (χ1) is 6.02. The highest BCUT2D eigenvalue weighted by atomic mass is 16.4. The zero-order chi connectivity index (χ0) is 10.1. The first-order valence-corrected chi connectivity index (χ1v) is 3.98. The van der Waals surface area contributed by atoms with Crippen LogP contribution < -0.4 is 5.73 Å². The fraction of sp³-hybridized carbons (Fsp3) is 0.714. The van der Waals surface area contributed by atoms with Crippen molar-refractivity contribution in [1.29, 1.82) is 0 Å². The second kappa shape index (κ2) is 3.31. The zero-order valence-corrected chi connectivity index (χ0v) is 7.06. The molecule has 6 heteroatoms. The van der Waals surface area contributed by atoms with Gasteiger partial charge in [-0.15, -0.1) is 0 Å². The van der Waals surface area contributed by atoms with E-state index in [4.69, 9.17) is 10.8 Å². The lowest BCUT2D eigenvalue weighted by molar-refractivity contribution is -0.181. The van der Waals surface area contributed by atoms with E-state index in [2.05, 4.69) is 0 Å². The molecule has 0 aromatic carbocycles. The number of carboxylic acids is 1. The average molecular weight is 188 g/mol. The van der Waals surface area contributed by atoms with E-state index in [1.165, 1.54) is 0 Å². The number of nitrogens with zero attached hydrogens (tertiary/aromatic N) is 1. The minimum Gasteiger partial charge on any atom is -0.478 e. The second-order valence-corrected chi connectivity index (χ2v) is 2.97. The molecule has 1 atom stereocenters. The Kier molecular flexibility index (Phi) is 2.53. The van der Waals surface area contributed by atoms with Crippen LogP contribution in [0.15, 0.2) is 0 Å². The van der Waals surface area contributed by atoms with Crippen LogP contribution in [0.4, 0.5) is 0 Å². The van der Waals surface area contributed by atoms with Gasteiger partial charge in [-0.05, 0) is 6.42 Å². The minimum absolute atomic E-state index is 0.0636. The Morgan fingerprint density at radius 2 is 2.15 bits per heavy atom. The first-order valence-electron chi connectivity index (χ1n) is 3.98. The van der Waals surface area contributed by atoms with Crippen LogP contribution in [0.5, 0.6) is 0 Å². The predicted octanol–water partition coefficient (Wildman–Crippen LogP) is -1.66. The van der Waals surface area contributed by atoms with Gasteiger partial charge in [0.2, 0.25) is 11.6 Å². The number of nitrogens with two attached hydrogens (primary N) is 1. The number of amides is 1. The Morgan fingerprint density at radius 3 is 2.62 bits per heavy atom. The predicted molar refractivity (Wildman–Crippen MR) is 42.6 cm³/mol. The third-order valence-corrected chi connectivity index (χ3v) is 2.17. The Labute approximate surface area is 74.9 Å². The second-order valence-electron chi connectivity index (χ2n) is 2.97. The van der Waals surface area contributed by atoms with Gasteiger partial charge >= 0.3 is 5.97 Å². The van der Waals surface area contributed by atoms with Gasteiger partial charge in [-0.25, -0.2) is 4.79 Å². The van der Waals surface area contributed by atoms with Crippen LogP contribution in [0.25, 0.3) is 0 Å². The maximum Gasteiger partial charge on any atom is 0.357 e. The molecule has 0 spiro atoms. The largest absolute Gasteiger partial charge is 0.478 e. The van der Waals surface area contributed by atoms with E-state index >= 15 is 0 Å². The van der Waals surface area contributed by atoms with E-state index in [1.54, 1.807) is 0 Å². The molecule has 0 radical (unpaired) electrons. The molecule has 13 heavy (non-hydrogen) atoms. The number of carboxylic acid groups (broad SMARTS) is 1. The molecule has 1 aliphatic rings. The third-order valence-electron chi connectivity index (χ3n) is 2.17. The third kappa shape index (κ3) is 1.50. The molecule has 0 saturated carbocycles. The topological polar surface area (TPSA) is 104 Å². The van der Waals surface area contributed by atoms with Crippen molar-refractivity contribution >= 4 is 11.9 Å². The van der Waals surface area contributed by atoms with E-state index in [9.17, 15) is 14.7 Å². The quantitative estimate of drug-likeness (QED) is 0.481. The molecule has 0 bridgehead atoms. The highest BCUT2D eigenvalue weighted by Gasteiger charge is 2.48. The summed E-state index contributed by atoms with van der Waals surface area (Å²) in [6.07, 6.45) is 0.544. The van der Waals surface area contributed by atoms with E-state index in [1.807, 2.05) is 0 Å². The van der Waals surface area contributed by atoms with Crippen molar-refractivity contribution in [3.05, 3.63) is 0 Å². The lowest BCUT2D eigenvalue weighted by Gasteiger charge is -2.28. The number of hydrogen-bond donors (Lipinski definition) is 3. The van der Waals surface area contributed by atoms with Gasteiger partial charge in [0.05, 0.1) is 6.54 Å². The van der Waals surface area contributed by atoms with Crippen molar-refractivity contribution in [2.75, 3.05) is 13.1 Å². The van der Waals surface area contributed by atoms with Crippen LogP contribution in [0.1, 0.15) is 12.8 Å². The van der Waals surface area contributed by atoms with Gasteiger partial charge < -0.3 is 20.8 Å². The number of hydrogen-bond acceptors (Lipinski definition) is 4. The molecule has 74 valence electrons. The Morgan fingerprint density at radius 1 is 1.54 bits per heavy atom. The molecular formula is C7H12N2O4. The molecular weight excluding hydrogens is 176 g/mol. The Balaban J connectivity index is 2.85. The van der Waals surface area contributed by atoms with Crippen molar-refractivity contribution in [3.63, 3.8) is 0 Å². The number of carbonyl (C=O) groups is 2. The van der Waals surface area contributed by atoms with Crippen LogP contribution in [0, 0.1) is 0 Å². The highest BCUT2D eigenvalue weighted by Crippen LogP contribution is 2.26. The molecule has 1 fully saturated rings. The van der Waals surface area contributed by atoms with Gasteiger partial charge in [0.1, 0.15) is 0 Å². The summed E-state index contributed by atoms with van der Waals surface area (Å²) in [7, 11) is 0. The molecule has 0 aliphatic carbocycles. The molecule has 6 nitrogen and oxygen atoms in total. The Bertz CT molecular complexity index is 243. The van der Waals surface area contributed by atoms with Crippen LogP contribution >= 0.6 is 0 Å². The summed E-state index contributed by atoms with van der Waals surface area (Å²) in [4.78, 5) is 22.7. The van der Waals surface area contributed by atoms with Gasteiger partial charge in [-0.3, -0.25) is 4.79 Å². The maximum absolute atomic E-state index is 11.1. The minimum atomic E-state index is -2.05. The van der Waals surface area contributed by atoms with Crippen molar-refractivity contribution in [1.82, 2.24) is 4.90 Å². The highest BCUT2D eigenvalue weighted by molar-refractivity contribution is 5.87. The molecule has 1 saturated heterocycles. The number of rotatable bonds is 2. The van der Waals surface area contributed by atoms with Gasteiger partial charge in [0.25, 0.3) is 0 Å². The van der Waals surface area contributed by atoms with Crippen molar-refractivity contribution in [3.8, 4) is 0 Å². The van der Waals surface area contributed by atoms with E-state index in [0.717, 1.165) is 4.90 Å². The van der Waals surface area contributed by atoms with Crippen LogP contribution in [-0.2, 0) is 9.59 Å². The van der Waals surface area contributed by atoms with Crippen molar-refractivity contribution in [2.45, 2.75) is 18.6 Å². The summed E-state index contributed by atoms with van der Waals surface area (Å²) in [5, 5.41) is 18.3. The van der Waals surface area contributed by atoms with E-state index in [0.29, 0.717) is 6.42 Å². The van der Waals surface area contributed by atoms with Gasteiger partial charge in [-0.1, -0.05) is 0 Å². The summed E-state index contributed by atoms with van der Waals surface area (Å²) in [6, 6.07) is 0. The standard InChI is InChI=1S/C7H12N2O4/c8-4-5(10)9-3-1-2-7(9,13)6(11)12/h13H,1-4,8H2,(H,11,12). The van der Waals surface area contributed by atoms with Gasteiger partial charge in [0, 0.05) is 13.0 Å². The van der Waals surface area contributed by atoms with Crippen LogP contribution in [0.2, 0.25) is 0 Å². The maximum atomic E-state index is 11.1. The monoisotopic (exact) mass is 188 g/mol. The molecule has 4 N–H and O–H groups in total. The molecule has 0 aromatic heterocycles. The van der Waals surface area contributed by atoms with Crippen LogP contribution in [-0.4, -0.2) is 45.8 Å².